The fourth-order valence-corrected chi connectivity index (χ4v) is 3.01. The normalized spacial score (nSPS) is 11.6. The molecule has 0 aliphatic rings. The summed E-state index contributed by atoms with van der Waals surface area (Å²) in [5.74, 6) is 0.114. The first-order valence-corrected chi connectivity index (χ1v) is 7.67. The molecule has 0 N–H and O–H groups in total. The van der Waals surface area contributed by atoms with Gasteiger partial charge in [0.1, 0.15) is 0 Å². The Bertz CT molecular complexity index is 592. The molecule has 2 aromatic rings. The Morgan fingerprint density at radius 2 is 1.94 bits per heavy atom. The van der Waals surface area contributed by atoms with Crippen LogP contribution in [0.3, 0.4) is 0 Å². The molecule has 0 amide bonds. The van der Waals surface area contributed by atoms with Crippen molar-refractivity contribution in [1.82, 2.24) is 9.78 Å². The fraction of sp³-hybridized carbons (Fsp3) is 0.250. The van der Waals surface area contributed by atoms with Gasteiger partial charge >= 0.3 is 0 Å². The van der Waals surface area contributed by atoms with E-state index >= 15 is 0 Å². The molecular weight excluding hydrogens is 272 g/mol. The third-order valence-electron chi connectivity index (χ3n) is 2.49. The number of nitrogens with zero attached hydrogens (tertiary/aromatic N) is 2. The Morgan fingerprint density at radius 1 is 1.22 bits per heavy atom. The van der Waals surface area contributed by atoms with Crippen LogP contribution in [0.2, 0.25) is 5.02 Å². The molecule has 0 saturated carbocycles. The van der Waals surface area contributed by atoms with Gasteiger partial charge in [-0.2, -0.15) is 5.10 Å². The molecule has 2 rings (SSSR count). The van der Waals surface area contributed by atoms with Crippen molar-refractivity contribution in [2.45, 2.75) is 12.3 Å². The maximum absolute atomic E-state index is 11.9. The van der Waals surface area contributed by atoms with E-state index in [-0.39, 0.29) is 11.5 Å². The quantitative estimate of drug-likeness (QED) is 0.845. The van der Waals surface area contributed by atoms with Gasteiger partial charge in [0.15, 0.2) is 9.84 Å². The lowest BCUT2D eigenvalue weighted by Gasteiger charge is -2.05. The van der Waals surface area contributed by atoms with Gasteiger partial charge in [-0.05, 0) is 23.8 Å². The maximum Gasteiger partial charge on any atom is 0.156 e. The van der Waals surface area contributed by atoms with Gasteiger partial charge in [-0.3, -0.25) is 4.68 Å². The number of rotatable bonds is 5. The van der Waals surface area contributed by atoms with Crippen LogP contribution in [-0.4, -0.2) is 24.0 Å². The minimum absolute atomic E-state index is 0.0332. The van der Waals surface area contributed by atoms with Crippen LogP contribution in [-0.2, 0) is 22.1 Å². The molecule has 0 bridgehead atoms. The molecule has 1 heterocycles. The average molecular weight is 285 g/mol. The molecule has 18 heavy (non-hydrogen) atoms. The molecule has 4 nitrogen and oxygen atoms in total. The van der Waals surface area contributed by atoms with Crippen molar-refractivity contribution >= 4 is 21.4 Å². The van der Waals surface area contributed by atoms with E-state index in [2.05, 4.69) is 5.10 Å². The number of sulfone groups is 1. The van der Waals surface area contributed by atoms with E-state index in [1.165, 1.54) is 0 Å². The van der Waals surface area contributed by atoms with Crippen LogP contribution in [0.5, 0.6) is 0 Å². The first-order chi connectivity index (χ1) is 8.55. The van der Waals surface area contributed by atoms with Gasteiger partial charge in [0.2, 0.25) is 0 Å². The molecule has 0 radical (unpaired) electrons. The summed E-state index contributed by atoms with van der Waals surface area (Å²) in [5.41, 5.74) is 0.750. The van der Waals surface area contributed by atoms with Crippen molar-refractivity contribution in [3.8, 4) is 0 Å². The van der Waals surface area contributed by atoms with E-state index in [1.54, 1.807) is 47.4 Å². The summed E-state index contributed by atoms with van der Waals surface area (Å²) < 4.78 is 25.4. The van der Waals surface area contributed by atoms with E-state index in [0.717, 1.165) is 5.56 Å². The number of aromatic nitrogens is 2. The van der Waals surface area contributed by atoms with Gasteiger partial charge in [-0.1, -0.05) is 23.7 Å². The summed E-state index contributed by atoms with van der Waals surface area (Å²) in [6.07, 6.45) is 3.38. The average Bonchev–Trinajstić information content (AvgIpc) is 2.83. The molecule has 0 saturated heterocycles. The lowest BCUT2D eigenvalue weighted by atomic mass is 10.2. The number of hydrogen-bond acceptors (Lipinski definition) is 3. The smallest absolute Gasteiger partial charge is 0.156 e. The highest BCUT2D eigenvalue weighted by Crippen LogP contribution is 2.12. The Kier molecular flexibility index (Phi) is 4.04. The standard InChI is InChI=1S/C12H13ClN2O2S/c13-12-4-2-11(3-5-12)10-18(16,17)9-8-15-7-1-6-14-15/h1-7H,8-10H2. The van der Waals surface area contributed by atoms with E-state index in [1.807, 2.05) is 0 Å². The lowest BCUT2D eigenvalue weighted by molar-refractivity contribution is 0.580. The van der Waals surface area contributed by atoms with Crippen LogP contribution in [0.1, 0.15) is 5.56 Å². The van der Waals surface area contributed by atoms with Crippen LogP contribution in [0.25, 0.3) is 0 Å². The van der Waals surface area contributed by atoms with Crippen LogP contribution in [0, 0.1) is 0 Å². The molecular formula is C12H13ClN2O2S. The number of benzene rings is 1. The zero-order chi connectivity index (χ0) is 13.0. The summed E-state index contributed by atoms with van der Waals surface area (Å²) >= 11 is 5.75. The third kappa shape index (κ3) is 3.85. The summed E-state index contributed by atoms with van der Waals surface area (Å²) in [7, 11) is -3.13. The van der Waals surface area contributed by atoms with Crippen molar-refractivity contribution in [2.24, 2.45) is 0 Å². The largest absolute Gasteiger partial charge is 0.272 e. The molecule has 96 valence electrons. The maximum atomic E-state index is 11.9. The van der Waals surface area contributed by atoms with Crippen LogP contribution >= 0.6 is 11.6 Å². The molecule has 0 atom stereocenters. The minimum Gasteiger partial charge on any atom is -0.272 e. The predicted molar refractivity (Wildman–Crippen MR) is 71.2 cm³/mol. The first kappa shape index (κ1) is 13.1. The molecule has 0 aliphatic heterocycles. The van der Waals surface area contributed by atoms with Crippen molar-refractivity contribution in [2.75, 3.05) is 5.75 Å². The second kappa shape index (κ2) is 5.54. The van der Waals surface area contributed by atoms with Crippen LogP contribution < -0.4 is 0 Å². The van der Waals surface area contributed by atoms with Gasteiger partial charge in [0.25, 0.3) is 0 Å². The van der Waals surface area contributed by atoms with E-state index < -0.39 is 9.84 Å². The third-order valence-corrected chi connectivity index (χ3v) is 4.32. The van der Waals surface area contributed by atoms with E-state index in [9.17, 15) is 8.42 Å². The summed E-state index contributed by atoms with van der Waals surface area (Å²) in [4.78, 5) is 0. The second-order valence-electron chi connectivity index (χ2n) is 3.99. The van der Waals surface area contributed by atoms with E-state index in [0.29, 0.717) is 11.6 Å². The van der Waals surface area contributed by atoms with Crippen molar-refractivity contribution < 1.29 is 8.42 Å². The van der Waals surface area contributed by atoms with Crippen molar-refractivity contribution in [3.63, 3.8) is 0 Å². The van der Waals surface area contributed by atoms with Gasteiger partial charge in [0, 0.05) is 17.4 Å². The SMILES string of the molecule is O=S(=O)(CCn1cccn1)Cc1ccc(Cl)cc1. The summed E-state index contributed by atoms with van der Waals surface area (Å²) in [6.45, 7) is 0.378. The number of hydrogen-bond donors (Lipinski definition) is 0. The highest BCUT2D eigenvalue weighted by Gasteiger charge is 2.12. The topological polar surface area (TPSA) is 52.0 Å². The molecule has 1 aromatic heterocycles. The van der Waals surface area contributed by atoms with Crippen molar-refractivity contribution in [3.05, 3.63) is 53.3 Å². The summed E-state index contributed by atoms with van der Waals surface area (Å²) in [5, 5.41) is 4.58. The Morgan fingerprint density at radius 3 is 2.56 bits per heavy atom. The van der Waals surface area contributed by atoms with Gasteiger partial charge in [0.05, 0.1) is 18.1 Å². The zero-order valence-electron chi connectivity index (χ0n) is 9.66. The van der Waals surface area contributed by atoms with Gasteiger partial charge < -0.3 is 0 Å². The lowest BCUT2D eigenvalue weighted by Crippen LogP contribution is -2.15. The summed E-state index contributed by atoms with van der Waals surface area (Å²) in [6, 6.07) is 8.62. The Hall–Kier alpha value is -1.33. The molecule has 0 unspecified atom stereocenters. The van der Waals surface area contributed by atoms with Crippen molar-refractivity contribution in [1.29, 1.82) is 0 Å². The highest BCUT2D eigenvalue weighted by atomic mass is 35.5. The predicted octanol–water partition coefficient (Wildman–Crippen LogP) is 2.15. The molecule has 1 aromatic carbocycles. The monoisotopic (exact) mass is 284 g/mol. The highest BCUT2D eigenvalue weighted by molar-refractivity contribution is 7.90. The first-order valence-electron chi connectivity index (χ1n) is 5.47. The number of aryl methyl sites for hydroxylation is 1. The molecule has 0 aliphatic carbocycles. The van der Waals surface area contributed by atoms with Crippen LogP contribution in [0.4, 0.5) is 0 Å². The Labute approximate surface area is 111 Å². The molecule has 0 fully saturated rings. The Balaban J connectivity index is 1.97. The van der Waals surface area contributed by atoms with Gasteiger partial charge in [-0.15, -0.1) is 0 Å². The fourth-order valence-electron chi connectivity index (χ4n) is 1.57. The zero-order valence-corrected chi connectivity index (χ0v) is 11.2. The second-order valence-corrected chi connectivity index (χ2v) is 6.61. The van der Waals surface area contributed by atoms with E-state index in [4.69, 9.17) is 11.6 Å². The molecule has 6 heteroatoms. The van der Waals surface area contributed by atoms with Crippen LogP contribution in [0.15, 0.2) is 42.7 Å². The van der Waals surface area contributed by atoms with Gasteiger partial charge in [-0.25, -0.2) is 8.42 Å². The number of halogens is 1. The molecule has 0 spiro atoms. The minimum atomic E-state index is -3.13.